The van der Waals surface area contributed by atoms with E-state index in [1.165, 1.54) is 0 Å². The molecular weight excluding hydrogens is 342 g/mol. The molecule has 0 fully saturated rings. The standard InChI is InChI=1S/C20H19N5O2/c1-12-17(14-7-15(21)11-22-9-14)6-5-13-10-23-25(20(12)13)18-4-2-3-16(24-18)8-19(26)27/h2-7,9-12,17H,8,21H2,1H3,(H,26,27). The van der Waals surface area contributed by atoms with Gasteiger partial charge in [-0.3, -0.25) is 9.78 Å². The third-order valence-corrected chi connectivity index (χ3v) is 4.80. The molecule has 0 radical (unpaired) electrons. The van der Waals surface area contributed by atoms with Crippen LogP contribution in [0.15, 0.2) is 48.9 Å². The lowest BCUT2D eigenvalue weighted by Crippen LogP contribution is -2.16. The summed E-state index contributed by atoms with van der Waals surface area (Å²) >= 11 is 0. The fourth-order valence-electron chi connectivity index (χ4n) is 3.58. The Hall–Kier alpha value is -3.48. The van der Waals surface area contributed by atoms with Crippen LogP contribution < -0.4 is 5.73 Å². The number of carboxylic acid groups (broad SMARTS) is 1. The molecule has 2 unspecified atom stereocenters. The van der Waals surface area contributed by atoms with Crippen LogP contribution in [0.5, 0.6) is 0 Å². The Kier molecular flexibility index (Phi) is 4.19. The zero-order valence-electron chi connectivity index (χ0n) is 14.8. The van der Waals surface area contributed by atoms with Crippen LogP contribution in [0.1, 0.15) is 41.3 Å². The van der Waals surface area contributed by atoms with Crippen LogP contribution in [-0.2, 0) is 11.2 Å². The Bertz CT molecular complexity index is 1040. The molecule has 136 valence electrons. The maximum atomic E-state index is 11.0. The third-order valence-electron chi connectivity index (χ3n) is 4.80. The number of hydrogen-bond acceptors (Lipinski definition) is 5. The normalized spacial score (nSPS) is 18.3. The fourth-order valence-corrected chi connectivity index (χ4v) is 3.58. The van der Waals surface area contributed by atoms with E-state index in [0.29, 0.717) is 17.2 Å². The molecule has 3 heterocycles. The van der Waals surface area contributed by atoms with Gasteiger partial charge in [-0.2, -0.15) is 5.10 Å². The van der Waals surface area contributed by atoms with E-state index in [1.807, 2.05) is 30.6 Å². The van der Waals surface area contributed by atoms with E-state index < -0.39 is 5.97 Å². The van der Waals surface area contributed by atoms with Crippen molar-refractivity contribution in [1.82, 2.24) is 19.7 Å². The lowest BCUT2D eigenvalue weighted by molar-refractivity contribution is -0.136. The molecular formula is C20H19N5O2. The molecule has 27 heavy (non-hydrogen) atoms. The average Bonchev–Trinajstić information content (AvgIpc) is 3.07. The number of carbonyl (C=O) groups is 1. The highest BCUT2D eigenvalue weighted by molar-refractivity contribution is 5.69. The minimum Gasteiger partial charge on any atom is -0.481 e. The monoisotopic (exact) mass is 361 g/mol. The van der Waals surface area contributed by atoms with Gasteiger partial charge in [-0.25, -0.2) is 9.67 Å². The molecule has 1 aliphatic carbocycles. The molecule has 0 saturated heterocycles. The summed E-state index contributed by atoms with van der Waals surface area (Å²) in [5.74, 6) is -0.0542. The Balaban J connectivity index is 1.74. The lowest BCUT2D eigenvalue weighted by atomic mass is 9.80. The first-order valence-electron chi connectivity index (χ1n) is 8.67. The summed E-state index contributed by atoms with van der Waals surface area (Å²) in [5, 5.41) is 13.5. The number of allylic oxidation sites excluding steroid dienone is 1. The van der Waals surface area contributed by atoms with Gasteiger partial charge >= 0.3 is 5.97 Å². The number of pyridine rings is 2. The first-order valence-corrected chi connectivity index (χ1v) is 8.67. The third kappa shape index (κ3) is 3.19. The quantitative estimate of drug-likeness (QED) is 0.740. The second kappa shape index (κ2) is 6.68. The predicted molar refractivity (Wildman–Crippen MR) is 102 cm³/mol. The van der Waals surface area contributed by atoms with Crippen LogP contribution in [0.3, 0.4) is 0 Å². The summed E-state index contributed by atoms with van der Waals surface area (Å²) in [5.41, 5.74) is 10.1. The summed E-state index contributed by atoms with van der Waals surface area (Å²) in [6.45, 7) is 2.13. The molecule has 0 bridgehead atoms. The van der Waals surface area contributed by atoms with Crippen LogP contribution in [-0.4, -0.2) is 30.8 Å². The first-order chi connectivity index (χ1) is 13.0. The van der Waals surface area contributed by atoms with E-state index in [9.17, 15) is 4.79 Å². The van der Waals surface area contributed by atoms with Gasteiger partial charge in [-0.1, -0.05) is 25.1 Å². The minimum atomic E-state index is -0.910. The second-order valence-corrected chi connectivity index (χ2v) is 6.68. The van der Waals surface area contributed by atoms with Crippen LogP contribution in [0.25, 0.3) is 11.9 Å². The molecule has 7 heteroatoms. The number of nitrogen functional groups attached to an aromatic ring is 1. The van der Waals surface area contributed by atoms with Crippen molar-refractivity contribution in [1.29, 1.82) is 0 Å². The van der Waals surface area contributed by atoms with E-state index in [4.69, 9.17) is 10.8 Å². The number of aliphatic carboxylic acids is 1. The van der Waals surface area contributed by atoms with Crippen molar-refractivity contribution in [3.63, 3.8) is 0 Å². The van der Waals surface area contributed by atoms with Gasteiger partial charge in [-0.15, -0.1) is 0 Å². The Morgan fingerprint density at radius 2 is 2.15 bits per heavy atom. The number of carboxylic acids is 1. The van der Waals surface area contributed by atoms with Gasteiger partial charge in [-0.05, 0) is 23.8 Å². The molecule has 0 saturated carbocycles. The number of anilines is 1. The van der Waals surface area contributed by atoms with Crippen LogP contribution >= 0.6 is 0 Å². The summed E-state index contributed by atoms with van der Waals surface area (Å²) < 4.78 is 1.79. The summed E-state index contributed by atoms with van der Waals surface area (Å²) in [6.07, 6.45) is 9.34. The maximum absolute atomic E-state index is 11.0. The van der Waals surface area contributed by atoms with E-state index >= 15 is 0 Å². The number of hydrogen-bond donors (Lipinski definition) is 2. The first kappa shape index (κ1) is 17.0. The van der Waals surface area contributed by atoms with Gasteiger partial charge in [0.2, 0.25) is 0 Å². The van der Waals surface area contributed by atoms with Gasteiger partial charge < -0.3 is 10.8 Å². The Morgan fingerprint density at radius 3 is 2.93 bits per heavy atom. The zero-order chi connectivity index (χ0) is 19.0. The van der Waals surface area contributed by atoms with Crippen molar-refractivity contribution in [2.45, 2.75) is 25.2 Å². The largest absolute Gasteiger partial charge is 0.481 e. The van der Waals surface area contributed by atoms with E-state index in [0.717, 1.165) is 16.8 Å². The second-order valence-electron chi connectivity index (χ2n) is 6.68. The van der Waals surface area contributed by atoms with E-state index in [2.05, 4.69) is 28.1 Å². The average molecular weight is 361 g/mol. The molecule has 2 atom stereocenters. The van der Waals surface area contributed by atoms with Gasteiger partial charge in [0.15, 0.2) is 5.82 Å². The number of nitrogens with zero attached hydrogens (tertiary/aromatic N) is 4. The van der Waals surface area contributed by atoms with Crippen molar-refractivity contribution < 1.29 is 9.90 Å². The maximum Gasteiger partial charge on any atom is 0.309 e. The molecule has 0 aromatic carbocycles. The van der Waals surface area contributed by atoms with Crippen molar-refractivity contribution in [2.75, 3.05) is 5.73 Å². The number of rotatable bonds is 4. The van der Waals surface area contributed by atoms with Gasteiger partial charge in [0.1, 0.15) is 0 Å². The fraction of sp³-hybridized carbons (Fsp3) is 0.200. The topological polar surface area (TPSA) is 107 Å². The van der Waals surface area contributed by atoms with Crippen molar-refractivity contribution in [2.24, 2.45) is 0 Å². The van der Waals surface area contributed by atoms with Gasteiger partial charge in [0.25, 0.3) is 0 Å². The van der Waals surface area contributed by atoms with E-state index in [1.54, 1.807) is 23.0 Å². The number of nitrogens with two attached hydrogens (primary N) is 1. The van der Waals surface area contributed by atoms with Gasteiger partial charge in [0, 0.05) is 29.8 Å². The van der Waals surface area contributed by atoms with Crippen LogP contribution in [0, 0.1) is 0 Å². The van der Waals surface area contributed by atoms with E-state index in [-0.39, 0.29) is 18.3 Å². The SMILES string of the molecule is CC1c2c(cnn2-c2cccc(CC(=O)O)n2)C=CC1c1cncc(N)c1. The molecule has 7 nitrogen and oxygen atoms in total. The highest BCUT2D eigenvalue weighted by atomic mass is 16.4. The molecule has 3 aromatic heterocycles. The number of aromatic nitrogens is 4. The zero-order valence-corrected chi connectivity index (χ0v) is 14.8. The molecule has 3 aromatic rings. The van der Waals surface area contributed by atoms with Crippen LogP contribution in [0.2, 0.25) is 0 Å². The minimum absolute atomic E-state index is 0.117. The Morgan fingerprint density at radius 1 is 1.30 bits per heavy atom. The molecule has 4 rings (SSSR count). The van der Waals surface area contributed by atoms with Gasteiger partial charge in [0.05, 0.1) is 29.7 Å². The smallest absolute Gasteiger partial charge is 0.309 e. The highest BCUT2D eigenvalue weighted by Gasteiger charge is 2.28. The summed E-state index contributed by atoms with van der Waals surface area (Å²) in [6, 6.07) is 7.28. The Labute approximate surface area is 156 Å². The van der Waals surface area contributed by atoms with Crippen LogP contribution in [0.4, 0.5) is 5.69 Å². The predicted octanol–water partition coefficient (Wildman–Crippen LogP) is 2.79. The molecule has 0 spiro atoms. The van der Waals surface area contributed by atoms with Crippen molar-refractivity contribution >= 4 is 17.7 Å². The highest BCUT2D eigenvalue weighted by Crippen LogP contribution is 2.40. The molecule has 1 aliphatic rings. The number of fused-ring (bicyclic) bond motifs is 1. The summed E-state index contributed by atoms with van der Waals surface area (Å²) in [4.78, 5) is 19.7. The summed E-state index contributed by atoms with van der Waals surface area (Å²) in [7, 11) is 0. The molecule has 3 N–H and O–H groups in total. The lowest BCUT2D eigenvalue weighted by Gasteiger charge is -2.26. The molecule has 0 aliphatic heterocycles. The molecule has 0 amide bonds. The van der Waals surface area contributed by atoms with Crippen molar-refractivity contribution in [3.05, 3.63) is 71.4 Å². The van der Waals surface area contributed by atoms with Crippen molar-refractivity contribution in [3.8, 4) is 5.82 Å².